The van der Waals surface area contributed by atoms with Crippen LogP contribution in [0.5, 0.6) is 5.75 Å². The summed E-state index contributed by atoms with van der Waals surface area (Å²) >= 11 is 0. The van der Waals surface area contributed by atoms with Gasteiger partial charge in [-0.3, -0.25) is 0 Å². The van der Waals surface area contributed by atoms with E-state index in [-0.39, 0.29) is 0 Å². The van der Waals surface area contributed by atoms with Crippen LogP contribution in [0.25, 0.3) is 0 Å². The van der Waals surface area contributed by atoms with Crippen LogP contribution in [0, 0.1) is 17.2 Å². The van der Waals surface area contributed by atoms with Gasteiger partial charge < -0.3 is 14.7 Å². The smallest absolute Gasteiger partial charge is 0.119 e. The topological polar surface area (TPSA) is 56.5 Å². The second kappa shape index (κ2) is 5.43. The molecule has 4 nitrogen and oxygen atoms in total. The highest BCUT2D eigenvalue weighted by atomic mass is 16.5. The maximum atomic E-state index is 10.8. The van der Waals surface area contributed by atoms with Gasteiger partial charge in [-0.1, -0.05) is 12.1 Å². The predicted octanol–water partition coefficient (Wildman–Crippen LogP) is 1.59. The lowest BCUT2D eigenvalue weighted by Gasteiger charge is -2.49. The zero-order valence-corrected chi connectivity index (χ0v) is 11.6. The van der Waals surface area contributed by atoms with Crippen molar-refractivity contribution in [2.24, 2.45) is 5.92 Å². The van der Waals surface area contributed by atoms with Crippen LogP contribution in [0.4, 0.5) is 0 Å². The van der Waals surface area contributed by atoms with E-state index in [1.807, 2.05) is 24.3 Å². The van der Waals surface area contributed by atoms with Gasteiger partial charge in [-0.25, -0.2) is 0 Å². The molecule has 3 heterocycles. The lowest BCUT2D eigenvalue weighted by molar-refractivity contribution is -0.131. The minimum Gasteiger partial charge on any atom is -0.491 e. The second-order valence-electron chi connectivity index (χ2n) is 5.92. The number of hydrogen-bond acceptors (Lipinski definition) is 4. The molecule has 1 aromatic rings. The molecule has 3 aliphatic rings. The van der Waals surface area contributed by atoms with Crippen LogP contribution in [0.3, 0.4) is 0 Å². The molecule has 4 heteroatoms. The average Bonchev–Trinajstić information content (AvgIpc) is 2.48. The first-order chi connectivity index (χ1) is 9.69. The molecule has 0 radical (unpaired) electrons. The van der Waals surface area contributed by atoms with Crippen LogP contribution >= 0.6 is 0 Å². The van der Waals surface area contributed by atoms with Crippen molar-refractivity contribution in [1.29, 1.82) is 5.26 Å². The van der Waals surface area contributed by atoms with Gasteiger partial charge in [0.15, 0.2) is 0 Å². The van der Waals surface area contributed by atoms with E-state index < -0.39 is 5.60 Å². The number of rotatable bonds is 4. The van der Waals surface area contributed by atoms with Gasteiger partial charge in [0.25, 0.3) is 0 Å². The molecule has 1 N–H and O–H groups in total. The van der Waals surface area contributed by atoms with E-state index in [1.54, 1.807) is 0 Å². The minimum atomic E-state index is -0.707. The summed E-state index contributed by atoms with van der Waals surface area (Å²) in [7, 11) is 0. The van der Waals surface area contributed by atoms with Gasteiger partial charge in [0, 0.05) is 6.54 Å². The summed E-state index contributed by atoms with van der Waals surface area (Å²) in [6.45, 7) is 3.29. The van der Waals surface area contributed by atoms with E-state index in [0.717, 1.165) is 43.8 Å². The van der Waals surface area contributed by atoms with Crippen LogP contribution in [-0.4, -0.2) is 41.8 Å². The fraction of sp³-hybridized carbons (Fsp3) is 0.562. The van der Waals surface area contributed by atoms with Crippen molar-refractivity contribution in [3.8, 4) is 11.8 Å². The molecular weight excluding hydrogens is 252 g/mol. The Morgan fingerprint density at radius 1 is 1.30 bits per heavy atom. The fourth-order valence-electron chi connectivity index (χ4n) is 3.31. The number of nitrogens with zero attached hydrogens (tertiary/aromatic N) is 2. The van der Waals surface area contributed by atoms with E-state index in [1.165, 1.54) is 0 Å². The summed E-state index contributed by atoms with van der Waals surface area (Å²) in [4.78, 5) is 2.32. The maximum absolute atomic E-state index is 10.8. The lowest BCUT2D eigenvalue weighted by atomic mass is 9.76. The average molecular weight is 272 g/mol. The van der Waals surface area contributed by atoms with E-state index in [2.05, 4.69) is 11.0 Å². The highest BCUT2D eigenvalue weighted by molar-refractivity contribution is 5.28. The number of hydrogen-bond donors (Lipinski definition) is 1. The summed E-state index contributed by atoms with van der Waals surface area (Å²) in [5.41, 5.74) is 0.281. The maximum Gasteiger partial charge on any atom is 0.119 e. The highest BCUT2D eigenvalue weighted by Gasteiger charge is 2.45. The molecule has 0 saturated carbocycles. The Hall–Kier alpha value is -1.57. The Labute approximate surface area is 119 Å². The van der Waals surface area contributed by atoms with Crippen molar-refractivity contribution in [2.45, 2.75) is 24.9 Å². The molecule has 3 saturated heterocycles. The van der Waals surface area contributed by atoms with Crippen molar-refractivity contribution in [1.82, 2.24) is 4.90 Å². The Balaban J connectivity index is 1.60. The van der Waals surface area contributed by atoms with Gasteiger partial charge in [-0.05, 0) is 49.5 Å². The number of nitriles is 1. The van der Waals surface area contributed by atoms with Crippen molar-refractivity contribution >= 4 is 0 Å². The first-order valence-electron chi connectivity index (χ1n) is 7.23. The van der Waals surface area contributed by atoms with Crippen LogP contribution < -0.4 is 4.74 Å². The molecule has 0 spiro atoms. The van der Waals surface area contributed by atoms with E-state index in [4.69, 9.17) is 10.00 Å². The molecule has 0 aromatic heterocycles. The molecule has 3 aliphatic heterocycles. The number of piperidine rings is 3. The third-order valence-electron chi connectivity index (χ3n) is 4.54. The van der Waals surface area contributed by atoms with Crippen LogP contribution in [-0.2, 0) is 6.42 Å². The van der Waals surface area contributed by atoms with Gasteiger partial charge in [-0.2, -0.15) is 5.26 Å². The number of aliphatic hydroxyl groups is 1. The SMILES string of the molecule is N#CCc1ccc(OCC2(O)CN3CCC2CC3)cc1. The molecule has 4 rings (SSSR count). The van der Waals surface area contributed by atoms with E-state index in [9.17, 15) is 5.11 Å². The molecule has 3 fully saturated rings. The van der Waals surface area contributed by atoms with Gasteiger partial charge in [0.2, 0.25) is 0 Å². The highest BCUT2D eigenvalue weighted by Crippen LogP contribution is 2.35. The summed E-state index contributed by atoms with van der Waals surface area (Å²) in [5.74, 6) is 1.13. The normalized spacial score (nSPS) is 31.8. The monoisotopic (exact) mass is 272 g/mol. The zero-order valence-electron chi connectivity index (χ0n) is 11.6. The first-order valence-corrected chi connectivity index (χ1v) is 7.23. The van der Waals surface area contributed by atoms with Crippen molar-refractivity contribution < 1.29 is 9.84 Å². The van der Waals surface area contributed by atoms with Crippen molar-refractivity contribution in [3.63, 3.8) is 0 Å². The molecule has 0 amide bonds. The van der Waals surface area contributed by atoms with E-state index >= 15 is 0 Å². The summed E-state index contributed by atoms with van der Waals surface area (Å²) in [5, 5.41) is 19.4. The van der Waals surface area contributed by atoms with Crippen molar-refractivity contribution in [2.75, 3.05) is 26.2 Å². The quantitative estimate of drug-likeness (QED) is 0.904. The molecule has 106 valence electrons. The van der Waals surface area contributed by atoms with Crippen LogP contribution in [0.1, 0.15) is 18.4 Å². The number of benzene rings is 1. The first kappa shape index (κ1) is 13.4. The lowest BCUT2D eigenvalue weighted by Crippen LogP contribution is -2.61. The fourth-order valence-corrected chi connectivity index (χ4v) is 3.31. The molecule has 1 aromatic carbocycles. The Kier molecular flexibility index (Phi) is 3.64. The molecule has 1 unspecified atom stereocenters. The molecular formula is C16H20N2O2. The summed E-state index contributed by atoms with van der Waals surface area (Å²) in [6, 6.07) is 9.67. The van der Waals surface area contributed by atoms with Crippen LogP contribution in [0.15, 0.2) is 24.3 Å². The largest absolute Gasteiger partial charge is 0.491 e. The third kappa shape index (κ3) is 2.65. The molecule has 20 heavy (non-hydrogen) atoms. The van der Waals surface area contributed by atoms with Gasteiger partial charge in [0.1, 0.15) is 18.0 Å². The van der Waals surface area contributed by atoms with Crippen LogP contribution in [0.2, 0.25) is 0 Å². The number of fused-ring (bicyclic) bond motifs is 3. The predicted molar refractivity (Wildman–Crippen MR) is 75.4 cm³/mol. The standard InChI is InChI=1S/C16H20N2O2/c17-8-5-13-1-3-15(4-2-13)20-12-16(19)11-18-9-6-14(16)7-10-18/h1-4,14,19H,5-7,9-12H2. The van der Waals surface area contributed by atoms with Crippen molar-refractivity contribution in [3.05, 3.63) is 29.8 Å². The summed E-state index contributed by atoms with van der Waals surface area (Å²) < 4.78 is 5.77. The Bertz CT molecular complexity index is 500. The second-order valence-corrected chi connectivity index (χ2v) is 5.92. The molecule has 1 atom stereocenters. The Morgan fingerprint density at radius 3 is 2.55 bits per heavy atom. The summed E-state index contributed by atoms with van der Waals surface area (Å²) in [6.07, 6.45) is 2.56. The van der Waals surface area contributed by atoms with Gasteiger partial charge >= 0.3 is 0 Å². The van der Waals surface area contributed by atoms with Gasteiger partial charge in [0.05, 0.1) is 12.5 Å². The minimum absolute atomic E-state index is 0.353. The molecule has 0 aliphatic carbocycles. The Morgan fingerprint density at radius 2 is 2.00 bits per heavy atom. The zero-order chi connectivity index (χ0) is 14.0. The van der Waals surface area contributed by atoms with E-state index in [0.29, 0.717) is 18.9 Å². The van der Waals surface area contributed by atoms with Gasteiger partial charge in [-0.15, -0.1) is 0 Å². The number of ether oxygens (including phenoxy) is 1. The third-order valence-corrected chi connectivity index (χ3v) is 4.54. The molecule has 2 bridgehead atoms.